The molecular formula is C22H27NO6S. The Kier molecular flexibility index (Phi) is 6.06. The second kappa shape index (κ2) is 8.73. The number of nitrogens with one attached hydrogen (secondary N) is 1. The van der Waals surface area contributed by atoms with E-state index < -0.39 is 16.1 Å². The molecule has 2 heterocycles. The molecule has 2 aromatic rings. The second-order valence-corrected chi connectivity index (χ2v) is 9.47. The Labute approximate surface area is 177 Å². The highest BCUT2D eigenvalue weighted by Gasteiger charge is 2.26. The van der Waals surface area contributed by atoms with Gasteiger partial charge in [0, 0.05) is 24.9 Å². The van der Waals surface area contributed by atoms with Crippen molar-refractivity contribution in [1.29, 1.82) is 0 Å². The predicted octanol–water partition coefficient (Wildman–Crippen LogP) is 3.68. The van der Waals surface area contributed by atoms with Crippen molar-refractivity contribution in [2.24, 2.45) is 5.92 Å². The molecule has 0 saturated carbocycles. The Morgan fingerprint density at radius 3 is 1.90 bits per heavy atom. The summed E-state index contributed by atoms with van der Waals surface area (Å²) >= 11 is 0. The second-order valence-electron chi connectivity index (χ2n) is 7.76. The fourth-order valence-electron chi connectivity index (χ4n) is 3.51. The highest BCUT2D eigenvalue weighted by Crippen LogP contribution is 2.36. The summed E-state index contributed by atoms with van der Waals surface area (Å²) in [6.07, 6.45) is 1.57. The third-order valence-corrected chi connectivity index (χ3v) is 6.55. The lowest BCUT2D eigenvalue weighted by atomic mass is 9.97. The zero-order valence-electron chi connectivity index (χ0n) is 17.2. The molecule has 0 saturated heterocycles. The Balaban J connectivity index is 1.61. The molecular weight excluding hydrogens is 406 g/mol. The van der Waals surface area contributed by atoms with E-state index in [9.17, 15) is 8.42 Å². The maximum Gasteiger partial charge on any atom is 0.241 e. The van der Waals surface area contributed by atoms with Gasteiger partial charge in [-0.2, -0.15) is 0 Å². The summed E-state index contributed by atoms with van der Waals surface area (Å²) in [4.78, 5) is 0.145. The Bertz CT molecular complexity index is 1000. The molecule has 0 fully saturated rings. The van der Waals surface area contributed by atoms with E-state index in [1.807, 2.05) is 32.0 Å². The largest absolute Gasteiger partial charge is 0.490 e. The van der Waals surface area contributed by atoms with Crippen LogP contribution >= 0.6 is 0 Å². The molecule has 0 aliphatic carbocycles. The lowest BCUT2D eigenvalue weighted by Crippen LogP contribution is -2.31. The van der Waals surface area contributed by atoms with Gasteiger partial charge in [-0.15, -0.1) is 0 Å². The maximum absolute atomic E-state index is 13.2. The van der Waals surface area contributed by atoms with Gasteiger partial charge in [-0.1, -0.05) is 19.9 Å². The van der Waals surface area contributed by atoms with Gasteiger partial charge in [0.25, 0.3) is 0 Å². The van der Waals surface area contributed by atoms with Crippen molar-refractivity contribution in [2.75, 3.05) is 26.4 Å². The number of rotatable bonds is 5. The van der Waals surface area contributed by atoms with Gasteiger partial charge in [-0.25, -0.2) is 13.1 Å². The highest BCUT2D eigenvalue weighted by atomic mass is 32.2. The summed E-state index contributed by atoms with van der Waals surface area (Å²) in [6, 6.07) is 9.87. The van der Waals surface area contributed by atoms with Crippen LogP contribution in [0.5, 0.6) is 23.0 Å². The third kappa shape index (κ3) is 4.49. The van der Waals surface area contributed by atoms with Gasteiger partial charge in [-0.05, 0) is 35.7 Å². The molecule has 2 aliphatic heterocycles. The van der Waals surface area contributed by atoms with E-state index in [1.165, 1.54) is 6.07 Å². The minimum atomic E-state index is -3.78. The zero-order valence-corrected chi connectivity index (χ0v) is 18.0. The van der Waals surface area contributed by atoms with Crippen molar-refractivity contribution < 1.29 is 27.4 Å². The minimum Gasteiger partial charge on any atom is -0.490 e. The van der Waals surface area contributed by atoms with Crippen LogP contribution in [-0.2, 0) is 10.0 Å². The van der Waals surface area contributed by atoms with E-state index in [-0.39, 0.29) is 10.8 Å². The average molecular weight is 434 g/mol. The Hall–Kier alpha value is -2.45. The first kappa shape index (κ1) is 20.8. The van der Waals surface area contributed by atoms with Crippen molar-refractivity contribution in [3.63, 3.8) is 0 Å². The fourth-order valence-corrected chi connectivity index (χ4v) is 4.90. The summed E-state index contributed by atoms with van der Waals surface area (Å²) in [5, 5.41) is 0. The molecule has 0 amide bonds. The number of sulfonamides is 1. The molecule has 30 heavy (non-hydrogen) atoms. The predicted molar refractivity (Wildman–Crippen MR) is 112 cm³/mol. The molecule has 4 rings (SSSR count). The molecule has 8 heteroatoms. The van der Waals surface area contributed by atoms with Gasteiger partial charge in [0.15, 0.2) is 23.0 Å². The van der Waals surface area contributed by atoms with Crippen molar-refractivity contribution >= 4 is 10.0 Å². The number of hydrogen-bond donors (Lipinski definition) is 1. The summed E-state index contributed by atoms with van der Waals surface area (Å²) in [5.41, 5.74) is 0.826. The molecule has 0 unspecified atom stereocenters. The van der Waals surface area contributed by atoms with Gasteiger partial charge in [0.2, 0.25) is 10.0 Å². The van der Waals surface area contributed by atoms with E-state index >= 15 is 0 Å². The smallest absolute Gasteiger partial charge is 0.241 e. The number of benzene rings is 2. The average Bonchev–Trinajstić information content (AvgIpc) is 3.11. The first-order chi connectivity index (χ1) is 14.4. The zero-order chi connectivity index (χ0) is 21.1. The van der Waals surface area contributed by atoms with Gasteiger partial charge in [-0.3, -0.25) is 0 Å². The van der Waals surface area contributed by atoms with Crippen LogP contribution in [0.3, 0.4) is 0 Å². The van der Waals surface area contributed by atoms with Gasteiger partial charge < -0.3 is 18.9 Å². The minimum absolute atomic E-state index is 0.0185. The third-order valence-electron chi connectivity index (χ3n) is 5.11. The van der Waals surface area contributed by atoms with Gasteiger partial charge >= 0.3 is 0 Å². The first-order valence-electron chi connectivity index (χ1n) is 10.3. The fraction of sp³-hybridized carbons (Fsp3) is 0.455. The van der Waals surface area contributed by atoms with Crippen LogP contribution < -0.4 is 23.7 Å². The normalized spacial score (nSPS) is 17.2. The SMILES string of the molecule is CC(C)[C@H](NS(=O)(=O)c1ccc2c(c1)OCCCO2)c1ccc2c(c1)OCCCO2. The summed E-state index contributed by atoms with van der Waals surface area (Å²) in [5.74, 6) is 2.36. The van der Waals surface area contributed by atoms with Crippen molar-refractivity contribution in [3.8, 4) is 23.0 Å². The number of ether oxygens (including phenoxy) is 4. The maximum atomic E-state index is 13.2. The van der Waals surface area contributed by atoms with Crippen LogP contribution in [0, 0.1) is 5.92 Å². The van der Waals surface area contributed by atoms with E-state index in [0.717, 1.165) is 18.4 Å². The van der Waals surface area contributed by atoms with Crippen molar-refractivity contribution in [1.82, 2.24) is 4.72 Å². The highest BCUT2D eigenvalue weighted by molar-refractivity contribution is 7.89. The van der Waals surface area contributed by atoms with Gasteiger partial charge in [0.05, 0.1) is 31.3 Å². The number of hydrogen-bond acceptors (Lipinski definition) is 6. The van der Waals surface area contributed by atoms with Crippen LogP contribution in [-0.4, -0.2) is 34.8 Å². The van der Waals surface area contributed by atoms with Crippen LogP contribution in [0.4, 0.5) is 0 Å². The molecule has 2 aliphatic rings. The van der Waals surface area contributed by atoms with E-state index in [1.54, 1.807) is 12.1 Å². The molecule has 0 radical (unpaired) electrons. The molecule has 0 bridgehead atoms. The summed E-state index contributed by atoms with van der Waals surface area (Å²) in [6.45, 7) is 6.18. The Morgan fingerprint density at radius 1 is 0.767 bits per heavy atom. The molecule has 1 atom stereocenters. The lowest BCUT2D eigenvalue weighted by Gasteiger charge is -2.24. The molecule has 2 aromatic carbocycles. The van der Waals surface area contributed by atoms with Crippen LogP contribution in [0.2, 0.25) is 0 Å². The van der Waals surface area contributed by atoms with Crippen LogP contribution in [0.15, 0.2) is 41.3 Å². The van der Waals surface area contributed by atoms with E-state index in [2.05, 4.69) is 4.72 Å². The number of fused-ring (bicyclic) bond motifs is 2. The molecule has 0 spiro atoms. The topological polar surface area (TPSA) is 83.1 Å². The van der Waals surface area contributed by atoms with E-state index in [4.69, 9.17) is 18.9 Å². The summed E-state index contributed by atoms with van der Waals surface area (Å²) < 4.78 is 51.9. The Morgan fingerprint density at radius 2 is 1.30 bits per heavy atom. The van der Waals surface area contributed by atoms with E-state index in [0.29, 0.717) is 49.4 Å². The molecule has 1 N–H and O–H groups in total. The van der Waals surface area contributed by atoms with Gasteiger partial charge in [0.1, 0.15) is 0 Å². The molecule has 0 aromatic heterocycles. The summed E-state index contributed by atoms with van der Waals surface area (Å²) in [7, 11) is -3.78. The van der Waals surface area contributed by atoms with Crippen molar-refractivity contribution in [2.45, 2.75) is 37.6 Å². The van der Waals surface area contributed by atoms with Crippen LogP contribution in [0.25, 0.3) is 0 Å². The lowest BCUT2D eigenvalue weighted by molar-refractivity contribution is 0.296. The molecule has 7 nitrogen and oxygen atoms in total. The standard InChI is InChI=1S/C22H27NO6S/c1-15(2)22(16-5-7-18-20(13-16)28-11-3-9-26-18)23-30(24,25)17-6-8-19-21(14-17)29-12-4-10-27-19/h5-8,13-15,22-23H,3-4,9-12H2,1-2H3/t22-/m0/s1. The first-order valence-corrected chi connectivity index (χ1v) is 11.7. The van der Waals surface area contributed by atoms with Crippen LogP contribution in [0.1, 0.15) is 38.3 Å². The quantitative estimate of drug-likeness (QED) is 0.774. The van der Waals surface area contributed by atoms with Crippen molar-refractivity contribution in [3.05, 3.63) is 42.0 Å². The molecule has 162 valence electrons. The monoisotopic (exact) mass is 433 g/mol.